The van der Waals surface area contributed by atoms with Crippen molar-refractivity contribution in [3.05, 3.63) is 0 Å². The monoisotopic (exact) mass is 646 g/mol. The zero-order chi connectivity index (χ0) is 18.9. The third-order valence-corrected chi connectivity index (χ3v) is 117. The first-order chi connectivity index (χ1) is 10.1. The van der Waals surface area contributed by atoms with E-state index in [2.05, 4.69) is 72.2 Å². The Bertz CT molecular complexity index is 328. The van der Waals surface area contributed by atoms with Crippen LogP contribution in [0.2, 0.25) is 61.9 Å². The van der Waals surface area contributed by atoms with Crippen LogP contribution < -0.4 is 0 Å². The second-order valence-electron chi connectivity index (χ2n) is 10.9. The van der Waals surface area contributed by atoms with E-state index in [-0.39, 0.29) is 0 Å². The van der Waals surface area contributed by atoms with Crippen LogP contribution in [0.1, 0.15) is 40.5 Å². The molecule has 0 saturated heterocycles. The van der Waals surface area contributed by atoms with Crippen LogP contribution in [-0.2, 0) is 0 Å². The molecule has 0 aliphatic carbocycles. The van der Waals surface area contributed by atoms with E-state index in [0.717, 1.165) is 6.18 Å². The Hall–Kier alpha value is 2.46. The molecule has 0 aromatic carbocycles. The van der Waals surface area contributed by atoms with Crippen LogP contribution in [0.25, 0.3) is 0 Å². The fourth-order valence-electron chi connectivity index (χ4n) is 8.35. The number of hydrogen-bond donors (Lipinski definition) is 0. The molecule has 0 nitrogen and oxygen atoms in total. The number of rotatable bonds is 9. The van der Waals surface area contributed by atoms with Crippen molar-refractivity contribution in [1.29, 1.82) is 0 Å². The van der Waals surface area contributed by atoms with Gasteiger partial charge in [-0.25, -0.2) is 0 Å². The van der Waals surface area contributed by atoms with Crippen molar-refractivity contribution in [2.45, 2.75) is 102 Å². The van der Waals surface area contributed by atoms with Gasteiger partial charge in [0.2, 0.25) is 0 Å². The molecule has 0 N–H and O–H groups in total. The Morgan fingerprint density at radius 3 is 0.957 bits per heavy atom. The van der Waals surface area contributed by atoms with E-state index in [1.165, 1.54) is 25.5 Å². The standard InChI is InChI=1S/C10H20B.9CH3.3Sn/c1-6-10(5,7-2)11(8-3)9-4;;;;;;;;;;;;/h6-9H2,1-4H3;9*1H3;;;. The van der Waals surface area contributed by atoms with E-state index in [1.54, 1.807) is 0 Å². The quantitative estimate of drug-likeness (QED) is 0.224. The Morgan fingerprint density at radius 1 is 0.565 bits per heavy atom. The Morgan fingerprint density at radius 2 is 0.826 bits per heavy atom. The summed E-state index contributed by atoms with van der Waals surface area (Å²) in [4.78, 5) is 25.4. The Labute approximate surface area is 162 Å². The summed E-state index contributed by atoms with van der Waals surface area (Å²) in [6.07, 6.45) is 5.66. The average Bonchev–Trinajstić information content (AvgIpc) is 2.33. The van der Waals surface area contributed by atoms with Crippen molar-refractivity contribution >= 4 is 61.8 Å². The third-order valence-electron chi connectivity index (χ3n) is 7.15. The molecule has 0 aromatic rings. The number of hydrogen-bond acceptors (Lipinski definition) is 0. The first-order valence-electron chi connectivity index (χ1n) is 10.1. The molecule has 0 aromatic heterocycles. The van der Waals surface area contributed by atoms with Gasteiger partial charge in [0.15, 0.2) is 0 Å². The summed E-state index contributed by atoms with van der Waals surface area (Å²) >= 11 is -6.54. The molecule has 0 radical (unpaired) electrons. The van der Waals surface area contributed by atoms with Gasteiger partial charge < -0.3 is 0 Å². The summed E-state index contributed by atoms with van der Waals surface area (Å²) in [6.45, 7) is 11.0. The molecule has 0 aliphatic rings. The van der Waals surface area contributed by atoms with E-state index in [1.807, 2.05) is 0 Å². The van der Waals surface area contributed by atoms with Crippen molar-refractivity contribution in [2.24, 2.45) is 0 Å². The first-order valence-corrected chi connectivity index (χ1v) is 40.1. The van der Waals surface area contributed by atoms with Crippen LogP contribution in [-0.4, -0.2) is 61.8 Å². The van der Waals surface area contributed by atoms with Crippen LogP contribution in [0.5, 0.6) is 0 Å². The molecule has 0 heterocycles. The molecular weight excluding hydrogens is 595 g/mol. The molecule has 0 aliphatic heterocycles. The summed E-state index contributed by atoms with van der Waals surface area (Å²) in [5, 5.41) is 0.646. The molecule has 0 fully saturated rings. The van der Waals surface area contributed by atoms with Gasteiger partial charge in [0, 0.05) is 0 Å². The Balaban J connectivity index is 7.12. The topological polar surface area (TPSA) is 0 Å². The molecule has 0 bridgehead atoms. The minimum atomic E-state index is -2.18. The van der Waals surface area contributed by atoms with Crippen molar-refractivity contribution < 1.29 is 0 Å². The molecule has 0 unspecified atom stereocenters. The minimum absolute atomic E-state index is 0.646. The predicted molar refractivity (Wildman–Crippen MR) is 123 cm³/mol. The van der Waals surface area contributed by atoms with E-state index in [0.29, 0.717) is 5.31 Å². The summed E-state index contributed by atoms with van der Waals surface area (Å²) in [7, 11) is 0. The molecular formula is C19H47BSn3. The molecule has 0 amide bonds. The van der Waals surface area contributed by atoms with Gasteiger partial charge in [0.25, 0.3) is 0 Å². The van der Waals surface area contributed by atoms with Crippen molar-refractivity contribution in [3.63, 3.8) is 0 Å². The van der Waals surface area contributed by atoms with Gasteiger partial charge in [-0.05, 0) is 0 Å². The van der Waals surface area contributed by atoms with E-state index in [4.69, 9.17) is 0 Å². The van der Waals surface area contributed by atoms with Crippen molar-refractivity contribution in [1.82, 2.24) is 0 Å². The van der Waals surface area contributed by atoms with Gasteiger partial charge in [0.1, 0.15) is 0 Å². The van der Waals surface area contributed by atoms with Crippen LogP contribution >= 0.6 is 0 Å². The zero-order valence-electron chi connectivity index (χ0n) is 18.9. The molecule has 4 heteroatoms. The van der Waals surface area contributed by atoms with Gasteiger partial charge in [-0.1, -0.05) is 0 Å². The fraction of sp³-hybridized carbons (Fsp3) is 1.00. The summed E-state index contributed by atoms with van der Waals surface area (Å²) in [6, 6.07) is 0. The normalized spacial score (nSPS) is 15.0. The van der Waals surface area contributed by atoms with Crippen LogP contribution in [0.3, 0.4) is 0 Å². The molecule has 0 saturated carbocycles. The maximum atomic E-state index is 2.82. The summed E-state index contributed by atoms with van der Waals surface area (Å²) in [5.74, 6) is 0. The third kappa shape index (κ3) is 4.16. The van der Waals surface area contributed by atoms with E-state index >= 15 is 0 Å². The molecule has 138 valence electrons. The van der Waals surface area contributed by atoms with Gasteiger partial charge in [-0.15, -0.1) is 0 Å². The van der Waals surface area contributed by atoms with Crippen molar-refractivity contribution in [3.8, 4) is 0 Å². The predicted octanol–water partition coefficient (Wildman–Crippen LogP) is 7.91. The van der Waals surface area contributed by atoms with E-state index < -0.39 is 55.1 Å². The summed E-state index contributed by atoms with van der Waals surface area (Å²) in [5.41, 5.74) is 0. The van der Waals surface area contributed by atoms with Crippen LogP contribution in [0, 0.1) is 0 Å². The van der Waals surface area contributed by atoms with Crippen LogP contribution in [0.15, 0.2) is 0 Å². The Kier molecular flexibility index (Phi) is 9.57. The average molecular weight is 643 g/mol. The molecule has 0 spiro atoms. The second kappa shape index (κ2) is 8.65. The molecule has 0 rings (SSSR count). The van der Waals surface area contributed by atoms with Crippen molar-refractivity contribution in [2.75, 3.05) is 0 Å². The summed E-state index contributed by atoms with van der Waals surface area (Å²) < 4.78 is 0.880. The molecule has 0 atom stereocenters. The fourth-order valence-corrected chi connectivity index (χ4v) is 174. The SMILES string of the molecule is CCB(CC)C(CC)(CC)[C]([Sn]([CH3])([CH3])[CH3])([Sn]([CH3])([CH3])[CH3])[Sn]([CH3])([CH3])[CH3]. The van der Waals surface area contributed by atoms with Gasteiger partial charge in [0.05, 0.1) is 0 Å². The van der Waals surface area contributed by atoms with Gasteiger partial charge in [-0.2, -0.15) is 0 Å². The second-order valence-corrected chi connectivity index (χ2v) is 68.0. The van der Waals surface area contributed by atoms with Crippen LogP contribution in [0.4, 0.5) is 0 Å². The van der Waals surface area contributed by atoms with E-state index in [9.17, 15) is 0 Å². The maximum absolute atomic E-state index is 2.82. The molecule has 23 heavy (non-hydrogen) atoms. The zero-order valence-corrected chi connectivity index (χ0v) is 27.5. The van der Waals surface area contributed by atoms with Gasteiger partial charge in [-0.3, -0.25) is 0 Å². The van der Waals surface area contributed by atoms with Gasteiger partial charge >= 0.3 is 164 Å². The first kappa shape index (κ1) is 25.5.